The smallest absolute Gasteiger partial charge is 0.224 e. The predicted octanol–water partition coefficient (Wildman–Crippen LogP) is 3.21. The molecule has 25 heavy (non-hydrogen) atoms. The Bertz CT molecular complexity index is 621. The monoisotopic (exact) mass is 349 g/mol. The third-order valence-corrected chi connectivity index (χ3v) is 5.33. The molecule has 3 rings (SSSR count). The summed E-state index contributed by atoms with van der Waals surface area (Å²) in [4.78, 5) is 14.3. The number of hydrogen-bond acceptors (Lipinski definition) is 4. The van der Waals surface area contributed by atoms with Crippen molar-refractivity contribution in [1.29, 1.82) is 0 Å². The number of hydrogen-bond donors (Lipinski definition) is 1. The van der Waals surface area contributed by atoms with Gasteiger partial charge in [-0.15, -0.1) is 0 Å². The molecule has 138 valence electrons. The highest BCUT2D eigenvalue weighted by molar-refractivity contribution is 5.78. The van der Waals surface area contributed by atoms with E-state index in [-0.39, 0.29) is 11.9 Å². The number of rotatable bonds is 6. The number of carbonyl (C=O) groups is 1. The van der Waals surface area contributed by atoms with Crippen molar-refractivity contribution in [2.45, 2.75) is 71.1 Å². The zero-order valence-corrected chi connectivity index (χ0v) is 15.2. The quantitative estimate of drug-likeness (QED) is 0.801. The number of likely N-dealkylation sites (tertiary alicyclic amines) is 1. The molecular weight excluding hydrogens is 321 g/mol. The van der Waals surface area contributed by atoms with Gasteiger partial charge in [0.2, 0.25) is 5.91 Å². The number of aryl methyl sites for hydroxylation is 2. The SMILES string of the molecule is Cc1noc(C)c1CN1C[C@@H](F)C[C@H]1CNC(=O)CC1=CCCCC1. The van der Waals surface area contributed by atoms with Gasteiger partial charge in [0.1, 0.15) is 11.9 Å². The van der Waals surface area contributed by atoms with Gasteiger partial charge in [-0.05, 0) is 46.0 Å². The van der Waals surface area contributed by atoms with Crippen molar-refractivity contribution in [2.75, 3.05) is 13.1 Å². The molecule has 1 N–H and O–H groups in total. The second-order valence-electron chi connectivity index (χ2n) is 7.31. The van der Waals surface area contributed by atoms with Gasteiger partial charge in [0.05, 0.1) is 5.69 Å². The van der Waals surface area contributed by atoms with E-state index in [2.05, 4.69) is 21.4 Å². The van der Waals surface area contributed by atoms with Crippen LogP contribution in [0, 0.1) is 13.8 Å². The number of allylic oxidation sites excluding steroid dienone is 1. The van der Waals surface area contributed by atoms with Gasteiger partial charge in [-0.3, -0.25) is 9.69 Å². The maximum absolute atomic E-state index is 13.9. The van der Waals surface area contributed by atoms with Crippen LogP contribution in [0.4, 0.5) is 4.39 Å². The fraction of sp³-hybridized carbons (Fsp3) is 0.684. The fourth-order valence-electron chi connectivity index (χ4n) is 3.82. The van der Waals surface area contributed by atoms with E-state index in [1.165, 1.54) is 18.4 Å². The van der Waals surface area contributed by atoms with Crippen LogP contribution >= 0.6 is 0 Å². The van der Waals surface area contributed by atoms with Gasteiger partial charge in [0.25, 0.3) is 0 Å². The first kappa shape index (κ1) is 18.1. The molecule has 0 bridgehead atoms. The van der Waals surface area contributed by atoms with Gasteiger partial charge < -0.3 is 9.84 Å². The van der Waals surface area contributed by atoms with E-state index in [1.807, 2.05) is 13.8 Å². The van der Waals surface area contributed by atoms with E-state index >= 15 is 0 Å². The van der Waals surface area contributed by atoms with E-state index < -0.39 is 6.17 Å². The molecule has 1 aromatic rings. The van der Waals surface area contributed by atoms with Crippen LogP contribution in [0.25, 0.3) is 0 Å². The van der Waals surface area contributed by atoms with E-state index in [0.717, 1.165) is 29.9 Å². The summed E-state index contributed by atoms with van der Waals surface area (Å²) < 4.78 is 19.2. The minimum Gasteiger partial charge on any atom is -0.361 e. The maximum Gasteiger partial charge on any atom is 0.224 e. The van der Waals surface area contributed by atoms with Crippen LogP contribution in [0.15, 0.2) is 16.2 Å². The molecule has 0 radical (unpaired) electrons. The largest absolute Gasteiger partial charge is 0.361 e. The van der Waals surface area contributed by atoms with E-state index in [9.17, 15) is 9.18 Å². The lowest BCUT2D eigenvalue weighted by molar-refractivity contribution is -0.120. The summed E-state index contributed by atoms with van der Waals surface area (Å²) in [6.07, 6.45) is 6.81. The van der Waals surface area contributed by atoms with Crippen LogP contribution in [0.5, 0.6) is 0 Å². The van der Waals surface area contributed by atoms with Crippen molar-refractivity contribution in [1.82, 2.24) is 15.4 Å². The first-order valence-corrected chi connectivity index (χ1v) is 9.27. The average molecular weight is 349 g/mol. The summed E-state index contributed by atoms with van der Waals surface area (Å²) in [6, 6.07) is 0.0213. The Morgan fingerprint density at radius 2 is 2.28 bits per heavy atom. The molecule has 2 heterocycles. The summed E-state index contributed by atoms with van der Waals surface area (Å²) in [5.41, 5.74) is 3.12. The van der Waals surface area contributed by atoms with Crippen LogP contribution in [-0.2, 0) is 11.3 Å². The molecule has 0 saturated carbocycles. The second-order valence-corrected chi connectivity index (χ2v) is 7.31. The van der Waals surface area contributed by atoms with E-state index in [0.29, 0.717) is 32.5 Å². The van der Waals surface area contributed by atoms with Gasteiger partial charge in [-0.1, -0.05) is 16.8 Å². The summed E-state index contributed by atoms with van der Waals surface area (Å²) in [5.74, 6) is 0.833. The van der Waals surface area contributed by atoms with Crippen molar-refractivity contribution in [2.24, 2.45) is 0 Å². The molecule has 2 atom stereocenters. The van der Waals surface area contributed by atoms with Gasteiger partial charge in [0.15, 0.2) is 0 Å². The molecule has 1 amide bonds. The number of amides is 1. The Balaban J connectivity index is 1.53. The fourth-order valence-corrected chi connectivity index (χ4v) is 3.82. The van der Waals surface area contributed by atoms with E-state index in [1.54, 1.807) is 0 Å². The minimum absolute atomic E-state index is 0.0213. The van der Waals surface area contributed by atoms with Gasteiger partial charge in [-0.2, -0.15) is 0 Å². The van der Waals surface area contributed by atoms with Gasteiger partial charge >= 0.3 is 0 Å². The molecule has 1 aromatic heterocycles. The molecule has 1 fully saturated rings. The zero-order valence-electron chi connectivity index (χ0n) is 15.2. The molecule has 0 aromatic carbocycles. The summed E-state index contributed by atoms with van der Waals surface area (Å²) in [5, 5.41) is 6.97. The number of nitrogens with zero attached hydrogens (tertiary/aromatic N) is 2. The first-order chi connectivity index (χ1) is 12.0. The first-order valence-electron chi connectivity index (χ1n) is 9.27. The highest BCUT2D eigenvalue weighted by atomic mass is 19.1. The zero-order chi connectivity index (χ0) is 17.8. The Morgan fingerprint density at radius 1 is 1.44 bits per heavy atom. The Morgan fingerprint density at radius 3 is 2.96 bits per heavy atom. The number of aromatic nitrogens is 1. The number of nitrogens with one attached hydrogen (secondary N) is 1. The van der Waals surface area contributed by atoms with Crippen molar-refractivity contribution < 1.29 is 13.7 Å². The molecule has 1 aliphatic carbocycles. The lowest BCUT2D eigenvalue weighted by Crippen LogP contribution is -2.40. The number of alkyl halides is 1. The van der Waals surface area contributed by atoms with Crippen molar-refractivity contribution in [3.05, 3.63) is 28.7 Å². The van der Waals surface area contributed by atoms with Crippen LogP contribution < -0.4 is 5.32 Å². The van der Waals surface area contributed by atoms with Crippen LogP contribution in [-0.4, -0.2) is 41.3 Å². The number of carbonyl (C=O) groups excluding carboxylic acids is 1. The standard InChI is InChI=1S/C19H28FN3O2/c1-13-18(14(2)25-22-13)12-23-11-16(20)9-17(23)10-21-19(24)8-15-6-4-3-5-7-15/h6,16-17H,3-5,7-12H2,1-2H3,(H,21,24)/t16-,17-/m0/s1. The van der Waals surface area contributed by atoms with Gasteiger partial charge in [-0.25, -0.2) is 4.39 Å². The van der Waals surface area contributed by atoms with E-state index in [4.69, 9.17) is 4.52 Å². The average Bonchev–Trinajstić information content (AvgIpc) is 3.10. The maximum atomic E-state index is 13.9. The topological polar surface area (TPSA) is 58.4 Å². The highest BCUT2D eigenvalue weighted by Gasteiger charge is 2.33. The van der Waals surface area contributed by atoms with Crippen molar-refractivity contribution >= 4 is 5.91 Å². The highest BCUT2D eigenvalue weighted by Crippen LogP contribution is 2.25. The molecule has 5 nitrogen and oxygen atoms in total. The lowest BCUT2D eigenvalue weighted by Gasteiger charge is -2.24. The third kappa shape index (κ3) is 4.69. The number of halogens is 1. The van der Waals surface area contributed by atoms with Crippen LogP contribution in [0.1, 0.15) is 55.5 Å². The molecule has 2 aliphatic rings. The Hall–Kier alpha value is -1.69. The minimum atomic E-state index is -0.844. The summed E-state index contributed by atoms with van der Waals surface area (Å²) >= 11 is 0. The van der Waals surface area contributed by atoms with Crippen molar-refractivity contribution in [3.63, 3.8) is 0 Å². The lowest BCUT2D eigenvalue weighted by atomic mass is 9.97. The molecule has 0 spiro atoms. The Labute approximate surface area is 148 Å². The molecule has 1 saturated heterocycles. The van der Waals surface area contributed by atoms with Crippen molar-refractivity contribution in [3.8, 4) is 0 Å². The molecular formula is C19H28FN3O2. The molecule has 0 unspecified atom stereocenters. The van der Waals surface area contributed by atoms with Gasteiger partial charge in [0, 0.05) is 37.7 Å². The molecule has 6 heteroatoms. The summed E-state index contributed by atoms with van der Waals surface area (Å²) in [6.45, 7) is 5.30. The van der Waals surface area contributed by atoms with Crippen LogP contribution in [0.2, 0.25) is 0 Å². The third-order valence-electron chi connectivity index (χ3n) is 5.33. The second kappa shape index (κ2) is 8.13. The summed E-state index contributed by atoms with van der Waals surface area (Å²) in [7, 11) is 0. The molecule has 1 aliphatic heterocycles. The normalized spacial score (nSPS) is 24.4. The van der Waals surface area contributed by atoms with Crippen LogP contribution in [0.3, 0.4) is 0 Å². The Kier molecular flexibility index (Phi) is 5.89. The predicted molar refractivity (Wildman–Crippen MR) is 93.9 cm³/mol.